The Labute approximate surface area is 152 Å². The number of halogens is 1. The molecule has 6 heteroatoms. The predicted octanol–water partition coefficient (Wildman–Crippen LogP) is 2.83. The minimum atomic E-state index is -0.223. The monoisotopic (exact) mass is 356 g/mol. The molecule has 1 aromatic heterocycles. The van der Waals surface area contributed by atoms with Gasteiger partial charge in [-0.1, -0.05) is 31.4 Å². The molecule has 1 aliphatic carbocycles. The van der Waals surface area contributed by atoms with Crippen LogP contribution in [-0.2, 0) is 18.4 Å². The second-order valence-electron chi connectivity index (χ2n) is 7.49. The average Bonchev–Trinajstić information content (AvgIpc) is 3.12. The van der Waals surface area contributed by atoms with Gasteiger partial charge in [0.1, 0.15) is 5.82 Å². The van der Waals surface area contributed by atoms with Gasteiger partial charge in [-0.05, 0) is 30.5 Å². The minimum absolute atomic E-state index is 0.115. The van der Waals surface area contributed by atoms with Crippen LogP contribution in [0, 0.1) is 5.82 Å². The number of hydrogen-bond donors (Lipinski definition) is 3. The molecule has 1 saturated carbocycles. The fourth-order valence-corrected chi connectivity index (χ4v) is 4.35. The summed E-state index contributed by atoms with van der Waals surface area (Å²) >= 11 is 0. The van der Waals surface area contributed by atoms with Crippen LogP contribution in [0.3, 0.4) is 0 Å². The lowest BCUT2D eigenvalue weighted by Crippen LogP contribution is -2.42. The van der Waals surface area contributed by atoms with Gasteiger partial charge in [0.25, 0.3) is 5.91 Å². The van der Waals surface area contributed by atoms with E-state index in [-0.39, 0.29) is 17.1 Å². The van der Waals surface area contributed by atoms with Crippen molar-refractivity contribution in [2.75, 3.05) is 13.1 Å². The highest BCUT2D eigenvalue weighted by Crippen LogP contribution is 2.39. The molecule has 0 atom stereocenters. The molecule has 2 aliphatic rings. The normalized spacial score (nSPS) is 19.0. The highest BCUT2D eigenvalue weighted by atomic mass is 19.1. The van der Waals surface area contributed by atoms with Crippen molar-refractivity contribution in [2.45, 2.75) is 50.5 Å². The number of rotatable bonds is 4. The summed E-state index contributed by atoms with van der Waals surface area (Å²) < 4.78 is 13.4. The summed E-state index contributed by atoms with van der Waals surface area (Å²) in [5.41, 5.74) is 3.53. The van der Waals surface area contributed by atoms with Gasteiger partial charge in [0.05, 0.1) is 0 Å². The van der Waals surface area contributed by atoms with Gasteiger partial charge < -0.3 is 10.6 Å². The van der Waals surface area contributed by atoms with Gasteiger partial charge >= 0.3 is 0 Å². The van der Waals surface area contributed by atoms with Gasteiger partial charge in [0.15, 0.2) is 5.69 Å². The molecular weight excluding hydrogens is 331 g/mol. The number of carbonyl (C=O) groups is 1. The summed E-state index contributed by atoms with van der Waals surface area (Å²) in [7, 11) is 0. The van der Waals surface area contributed by atoms with E-state index in [0.717, 1.165) is 55.5 Å². The van der Waals surface area contributed by atoms with Crippen LogP contribution in [0.15, 0.2) is 24.3 Å². The number of hydrogen-bond acceptors (Lipinski definition) is 3. The average molecular weight is 356 g/mol. The number of nitrogens with zero attached hydrogens (tertiary/aromatic N) is 1. The van der Waals surface area contributed by atoms with E-state index < -0.39 is 0 Å². The van der Waals surface area contributed by atoms with Gasteiger partial charge in [-0.2, -0.15) is 5.10 Å². The van der Waals surface area contributed by atoms with Crippen LogP contribution in [0.5, 0.6) is 0 Å². The molecule has 138 valence electrons. The first-order valence-electron chi connectivity index (χ1n) is 9.49. The molecule has 2 heterocycles. The smallest absolute Gasteiger partial charge is 0.272 e. The third-order valence-electron chi connectivity index (χ3n) is 5.88. The van der Waals surface area contributed by atoms with Crippen molar-refractivity contribution in [3.8, 4) is 0 Å². The number of benzene rings is 1. The molecule has 26 heavy (non-hydrogen) atoms. The summed E-state index contributed by atoms with van der Waals surface area (Å²) in [5, 5.41) is 13.6. The number of carbonyl (C=O) groups excluding carboxylic acids is 1. The van der Waals surface area contributed by atoms with E-state index in [9.17, 15) is 9.18 Å². The largest absolute Gasteiger partial charge is 0.350 e. The Bertz CT molecular complexity index is 778. The van der Waals surface area contributed by atoms with Crippen LogP contribution < -0.4 is 10.6 Å². The standard InChI is InChI=1S/C20H25FN4O/c21-15-6-4-14(5-7-15)20(9-2-1-3-10-20)13-23-19(26)18-16-12-22-11-8-17(16)24-25-18/h4-7,22H,1-3,8-13H2,(H,23,26)(H,24,25). The van der Waals surface area contributed by atoms with Gasteiger partial charge in [0, 0.05) is 42.7 Å². The number of aromatic nitrogens is 2. The number of H-pyrrole nitrogens is 1. The maximum Gasteiger partial charge on any atom is 0.272 e. The Kier molecular flexibility index (Phi) is 4.76. The third-order valence-corrected chi connectivity index (χ3v) is 5.88. The molecule has 0 bridgehead atoms. The zero-order chi connectivity index (χ0) is 18.0. The molecule has 2 aromatic rings. The zero-order valence-corrected chi connectivity index (χ0v) is 14.9. The Morgan fingerprint density at radius 3 is 2.73 bits per heavy atom. The maximum absolute atomic E-state index is 13.4. The summed E-state index contributed by atoms with van der Waals surface area (Å²) in [6, 6.07) is 6.77. The molecule has 1 amide bonds. The molecule has 1 aliphatic heterocycles. The molecule has 1 aromatic carbocycles. The van der Waals surface area contributed by atoms with E-state index >= 15 is 0 Å². The second-order valence-corrected chi connectivity index (χ2v) is 7.49. The van der Waals surface area contributed by atoms with Crippen molar-refractivity contribution >= 4 is 5.91 Å². The van der Waals surface area contributed by atoms with Gasteiger partial charge in [0.2, 0.25) is 0 Å². The van der Waals surface area contributed by atoms with E-state index in [1.807, 2.05) is 12.1 Å². The third kappa shape index (κ3) is 3.26. The quantitative estimate of drug-likeness (QED) is 0.789. The lowest BCUT2D eigenvalue weighted by Gasteiger charge is -2.38. The summed E-state index contributed by atoms with van der Waals surface area (Å²) in [6.07, 6.45) is 6.38. The predicted molar refractivity (Wildman–Crippen MR) is 97.5 cm³/mol. The SMILES string of the molecule is O=C(NCC1(c2ccc(F)cc2)CCCCC1)c1n[nH]c2c1CNCC2. The number of nitrogens with one attached hydrogen (secondary N) is 3. The zero-order valence-electron chi connectivity index (χ0n) is 14.9. The fourth-order valence-electron chi connectivity index (χ4n) is 4.35. The Morgan fingerprint density at radius 1 is 1.19 bits per heavy atom. The van der Waals surface area contributed by atoms with Crippen molar-refractivity contribution in [1.29, 1.82) is 0 Å². The first-order chi connectivity index (χ1) is 12.7. The van der Waals surface area contributed by atoms with Crippen molar-refractivity contribution in [3.63, 3.8) is 0 Å². The van der Waals surface area contributed by atoms with Crippen LogP contribution in [-0.4, -0.2) is 29.2 Å². The Balaban J connectivity index is 1.52. The summed E-state index contributed by atoms with van der Waals surface area (Å²) in [5.74, 6) is -0.349. The molecular formula is C20H25FN4O. The van der Waals surface area contributed by atoms with Crippen LogP contribution in [0.2, 0.25) is 0 Å². The van der Waals surface area contributed by atoms with Crippen LogP contribution in [0.25, 0.3) is 0 Å². The molecule has 4 rings (SSSR count). The summed E-state index contributed by atoms with van der Waals surface area (Å²) in [4.78, 5) is 12.8. The molecule has 0 spiro atoms. The lowest BCUT2D eigenvalue weighted by molar-refractivity contribution is 0.0930. The van der Waals surface area contributed by atoms with Crippen LogP contribution in [0.4, 0.5) is 4.39 Å². The van der Waals surface area contributed by atoms with Crippen molar-refractivity contribution in [2.24, 2.45) is 0 Å². The molecule has 1 fully saturated rings. The summed E-state index contributed by atoms with van der Waals surface area (Å²) in [6.45, 7) is 2.15. The van der Waals surface area contributed by atoms with E-state index in [2.05, 4.69) is 20.8 Å². The number of fused-ring (bicyclic) bond motifs is 1. The second kappa shape index (κ2) is 7.19. The fraction of sp³-hybridized carbons (Fsp3) is 0.500. The first kappa shape index (κ1) is 17.2. The molecule has 5 nitrogen and oxygen atoms in total. The number of aromatic amines is 1. The van der Waals surface area contributed by atoms with E-state index in [1.54, 1.807) is 0 Å². The highest BCUT2D eigenvalue weighted by molar-refractivity contribution is 5.94. The van der Waals surface area contributed by atoms with Crippen LogP contribution in [0.1, 0.15) is 59.4 Å². The Hall–Kier alpha value is -2.21. The molecule has 0 radical (unpaired) electrons. The molecule has 0 saturated heterocycles. The van der Waals surface area contributed by atoms with Crippen molar-refractivity contribution < 1.29 is 9.18 Å². The first-order valence-corrected chi connectivity index (χ1v) is 9.49. The molecule has 0 unspecified atom stereocenters. The van der Waals surface area contributed by atoms with Crippen molar-refractivity contribution in [3.05, 3.63) is 52.6 Å². The Morgan fingerprint density at radius 2 is 1.96 bits per heavy atom. The van der Waals surface area contributed by atoms with Crippen molar-refractivity contribution in [1.82, 2.24) is 20.8 Å². The number of amides is 1. The highest BCUT2D eigenvalue weighted by Gasteiger charge is 2.35. The van der Waals surface area contributed by atoms with E-state index in [4.69, 9.17) is 0 Å². The topological polar surface area (TPSA) is 69.8 Å². The lowest BCUT2D eigenvalue weighted by atomic mass is 9.69. The molecule has 3 N–H and O–H groups in total. The van der Waals surface area contributed by atoms with Gasteiger partial charge in [-0.15, -0.1) is 0 Å². The van der Waals surface area contributed by atoms with Crippen LogP contribution >= 0.6 is 0 Å². The maximum atomic E-state index is 13.4. The van der Waals surface area contributed by atoms with E-state index in [1.165, 1.54) is 18.6 Å². The van der Waals surface area contributed by atoms with Gasteiger partial charge in [-0.3, -0.25) is 9.89 Å². The van der Waals surface area contributed by atoms with E-state index in [0.29, 0.717) is 18.8 Å². The minimum Gasteiger partial charge on any atom is -0.350 e. The van der Waals surface area contributed by atoms with Gasteiger partial charge in [-0.25, -0.2) is 4.39 Å².